The van der Waals surface area contributed by atoms with Crippen molar-refractivity contribution in [1.29, 1.82) is 0 Å². The number of esters is 1. The molecule has 1 aromatic heterocycles. The van der Waals surface area contributed by atoms with Gasteiger partial charge in [0.05, 0.1) is 6.61 Å². The molecule has 0 spiro atoms. The quantitative estimate of drug-likeness (QED) is 0.642. The molecule has 0 aliphatic carbocycles. The molecule has 0 saturated carbocycles. The minimum atomic E-state index is -4.24. The number of nitrogens with zero attached hydrogens (tertiary/aromatic N) is 2. The van der Waals surface area contributed by atoms with Gasteiger partial charge in [0, 0.05) is 19.8 Å². The van der Waals surface area contributed by atoms with Crippen LogP contribution in [0, 0.1) is 6.92 Å². The number of carbonyl (C=O) groups excluding carboxylic acids is 1. The number of rotatable bonds is 5. The van der Waals surface area contributed by atoms with Crippen LogP contribution in [-0.4, -0.2) is 36.7 Å². The molecule has 21 heavy (non-hydrogen) atoms. The summed E-state index contributed by atoms with van der Waals surface area (Å²) in [4.78, 5) is 34.3. The molecule has 0 aliphatic heterocycles. The van der Waals surface area contributed by atoms with Crippen LogP contribution in [0.4, 0.5) is 0 Å². The molecule has 0 unspecified atom stereocenters. The molecule has 0 atom stereocenters. The van der Waals surface area contributed by atoms with Crippen molar-refractivity contribution in [1.82, 2.24) is 13.9 Å². The predicted octanol–water partition coefficient (Wildman–Crippen LogP) is -1.77. The predicted molar refractivity (Wildman–Crippen MR) is 73.5 cm³/mol. The second-order valence-corrected chi connectivity index (χ2v) is 5.95. The first-order valence-corrected chi connectivity index (χ1v) is 7.53. The van der Waals surface area contributed by atoms with Crippen LogP contribution >= 0.6 is 0 Å². The third kappa shape index (κ3) is 3.39. The summed E-state index contributed by atoms with van der Waals surface area (Å²) >= 11 is 0. The van der Waals surface area contributed by atoms with Crippen molar-refractivity contribution in [3.63, 3.8) is 0 Å². The van der Waals surface area contributed by atoms with Crippen molar-refractivity contribution in [2.75, 3.05) is 13.2 Å². The van der Waals surface area contributed by atoms with E-state index in [1.807, 2.05) is 4.72 Å². The maximum Gasteiger partial charge on any atom is 0.330 e. The van der Waals surface area contributed by atoms with Gasteiger partial charge in [-0.3, -0.25) is 18.7 Å². The maximum atomic E-state index is 12.2. The zero-order valence-corrected chi connectivity index (χ0v) is 13.0. The highest BCUT2D eigenvalue weighted by Crippen LogP contribution is 2.06. The Balaban J connectivity index is 3.31. The molecule has 0 radical (unpaired) electrons. The van der Waals surface area contributed by atoms with Crippen LogP contribution in [-0.2, 0) is 33.7 Å². The van der Waals surface area contributed by atoms with Crippen molar-refractivity contribution in [2.45, 2.75) is 18.7 Å². The van der Waals surface area contributed by atoms with Crippen LogP contribution in [0.2, 0.25) is 0 Å². The monoisotopic (exact) mass is 319 g/mol. The van der Waals surface area contributed by atoms with E-state index in [1.54, 1.807) is 6.92 Å². The molecule has 10 heteroatoms. The normalized spacial score (nSPS) is 11.4. The fourth-order valence-corrected chi connectivity index (χ4v) is 3.01. The molecule has 1 N–H and O–H groups in total. The highest BCUT2D eigenvalue weighted by atomic mass is 32.2. The van der Waals surface area contributed by atoms with Gasteiger partial charge in [-0.25, -0.2) is 13.2 Å². The second-order valence-electron chi connectivity index (χ2n) is 4.25. The van der Waals surface area contributed by atoms with Crippen molar-refractivity contribution in [2.24, 2.45) is 14.1 Å². The molecule has 0 aromatic carbocycles. The van der Waals surface area contributed by atoms with Gasteiger partial charge in [0.15, 0.2) is 4.90 Å². The lowest BCUT2D eigenvalue weighted by molar-refractivity contribution is -0.141. The molecular formula is C11H17N3O6S. The van der Waals surface area contributed by atoms with Gasteiger partial charge in [-0.2, -0.15) is 4.72 Å². The molecular weight excluding hydrogens is 302 g/mol. The van der Waals surface area contributed by atoms with Crippen LogP contribution in [0.3, 0.4) is 0 Å². The van der Waals surface area contributed by atoms with E-state index >= 15 is 0 Å². The summed E-state index contributed by atoms with van der Waals surface area (Å²) in [6.45, 7) is 2.43. The lowest BCUT2D eigenvalue weighted by Gasteiger charge is -2.12. The summed E-state index contributed by atoms with van der Waals surface area (Å²) in [7, 11) is -1.72. The summed E-state index contributed by atoms with van der Waals surface area (Å²) < 4.78 is 32.6. The molecule has 0 saturated heterocycles. The van der Waals surface area contributed by atoms with Crippen molar-refractivity contribution in [3.8, 4) is 0 Å². The number of ether oxygens (including phenoxy) is 1. The van der Waals surface area contributed by atoms with E-state index in [9.17, 15) is 22.8 Å². The number of hydrogen-bond acceptors (Lipinski definition) is 6. The zero-order valence-electron chi connectivity index (χ0n) is 12.2. The number of sulfonamides is 1. The summed E-state index contributed by atoms with van der Waals surface area (Å²) in [6, 6.07) is 0. The van der Waals surface area contributed by atoms with Crippen molar-refractivity contribution in [3.05, 3.63) is 26.5 Å². The molecule has 0 bridgehead atoms. The molecule has 1 rings (SSSR count). The maximum absolute atomic E-state index is 12.2. The Morgan fingerprint density at radius 2 is 1.81 bits per heavy atom. The Labute approximate surface area is 121 Å². The standard InChI is InChI=1S/C11H17N3O6S/c1-5-20-8(15)6-12-21(18,19)9-7(2)13(3)11(17)14(4)10(9)16/h12H,5-6H2,1-4H3. The van der Waals surface area contributed by atoms with E-state index in [0.717, 1.165) is 4.57 Å². The van der Waals surface area contributed by atoms with Gasteiger partial charge in [-0.05, 0) is 13.8 Å². The molecule has 0 fully saturated rings. The first-order chi connectivity index (χ1) is 9.63. The minimum Gasteiger partial charge on any atom is -0.465 e. The lowest BCUT2D eigenvalue weighted by Crippen LogP contribution is -2.44. The van der Waals surface area contributed by atoms with Crippen LogP contribution in [0.1, 0.15) is 12.6 Å². The fraction of sp³-hybridized carbons (Fsp3) is 0.545. The van der Waals surface area contributed by atoms with Gasteiger partial charge in [-0.15, -0.1) is 0 Å². The van der Waals surface area contributed by atoms with Gasteiger partial charge in [0.2, 0.25) is 10.0 Å². The van der Waals surface area contributed by atoms with E-state index in [1.165, 1.54) is 21.0 Å². The van der Waals surface area contributed by atoms with E-state index in [0.29, 0.717) is 4.57 Å². The Morgan fingerprint density at radius 1 is 1.24 bits per heavy atom. The number of carbonyl (C=O) groups is 1. The van der Waals surface area contributed by atoms with Crippen molar-refractivity contribution < 1.29 is 17.9 Å². The largest absolute Gasteiger partial charge is 0.465 e. The van der Waals surface area contributed by atoms with Crippen LogP contribution < -0.4 is 16.0 Å². The summed E-state index contributed by atoms with van der Waals surface area (Å²) in [6.07, 6.45) is 0. The third-order valence-electron chi connectivity index (χ3n) is 2.89. The Hall–Kier alpha value is -1.94. The fourth-order valence-electron chi connectivity index (χ4n) is 1.66. The van der Waals surface area contributed by atoms with Crippen LogP contribution in [0.25, 0.3) is 0 Å². The first kappa shape index (κ1) is 17.1. The average Bonchev–Trinajstić information content (AvgIpc) is 2.41. The number of aromatic nitrogens is 2. The molecule has 0 amide bonds. The Bertz CT molecular complexity index is 774. The summed E-state index contributed by atoms with van der Waals surface area (Å²) in [5, 5.41) is 0. The second kappa shape index (κ2) is 6.22. The molecule has 9 nitrogen and oxygen atoms in total. The zero-order chi connectivity index (χ0) is 16.4. The van der Waals surface area contributed by atoms with E-state index in [4.69, 9.17) is 0 Å². The summed E-state index contributed by atoms with van der Waals surface area (Å²) in [5.41, 5.74) is -1.60. The highest BCUT2D eigenvalue weighted by Gasteiger charge is 2.25. The topological polar surface area (TPSA) is 116 Å². The van der Waals surface area contributed by atoms with E-state index in [-0.39, 0.29) is 12.3 Å². The van der Waals surface area contributed by atoms with Crippen LogP contribution in [0.5, 0.6) is 0 Å². The third-order valence-corrected chi connectivity index (χ3v) is 4.42. The smallest absolute Gasteiger partial charge is 0.330 e. The average molecular weight is 319 g/mol. The van der Waals surface area contributed by atoms with Crippen LogP contribution in [0.15, 0.2) is 14.5 Å². The van der Waals surface area contributed by atoms with Gasteiger partial charge in [0.1, 0.15) is 6.54 Å². The molecule has 1 aromatic rings. The Morgan fingerprint density at radius 3 is 2.33 bits per heavy atom. The van der Waals surface area contributed by atoms with Gasteiger partial charge >= 0.3 is 11.7 Å². The Kier molecular flexibility index (Phi) is 5.07. The van der Waals surface area contributed by atoms with Gasteiger partial charge in [-0.1, -0.05) is 0 Å². The van der Waals surface area contributed by atoms with E-state index < -0.39 is 38.7 Å². The summed E-state index contributed by atoms with van der Waals surface area (Å²) in [5.74, 6) is -0.764. The molecule has 0 aliphatic rings. The number of nitrogens with one attached hydrogen (secondary N) is 1. The lowest BCUT2D eigenvalue weighted by atomic mass is 10.4. The minimum absolute atomic E-state index is 0.0144. The highest BCUT2D eigenvalue weighted by molar-refractivity contribution is 7.89. The first-order valence-electron chi connectivity index (χ1n) is 6.05. The molecule has 1 heterocycles. The van der Waals surface area contributed by atoms with Gasteiger partial charge in [0.25, 0.3) is 5.56 Å². The number of hydrogen-bond donors (Lipinski definition) is 1. The van der Waals surface area contributed by atoms with E-state index in [2.05, 4.69) is 4.74 Å². The SMILES string of the molecule is CCOC(=O)CNS(=O)(=O)c1c(C)n(C)c(=O)n(C)c1=O. The van der Waals surface area contributed by atoms with Crippen molar-refractivity contribution >= 4 is 16.0 Å². The molecule has 118 valence electrons. The van der Waals surface area contributed by atoms with Gasteiger partial charge < -0.3 is 4.74 Å².